The topological polar surface area (TPSA) is 6.48 Å². The fourth-order valence-corrected chi connectivity index (χ4v) is 2.26. The minimum atomic E-state index is 1.06. The summed E-state index contributed by atoms with van der Waals surface area (Å²) in [5.41, 5.74) is 1.32. The number of rotatable bonds is 3. The van der Waals surface area contributed by atoms with Crippen LogP contribution in [-0.4, -0.2) is 24.6 Å². The predicted molar refractivity (Wildman–Crippen MR) is 64.9 cm³/mol. The highest BCUT2D eigenvalue weighted by molar-refractivity contribution is 5.44. The van der Waals surface area contributed by atoms with Gasteiger partial charge in [-0.3, -0.25) is 0 Å². The third kappa shape index (κ3) is 2.51. The molecule has 1 heterocycles. The van der Waals surface area contributed by atoms with Crippen molar-refractivity contribution in [2.24, 2.45) is 0 Å². The second-order valence-electron chi connectivity index (χ2n) is 4.07. The molecule has 1 fully saturated rings. The first-order valence-electron chi connectivity index (χ1n) is 5.99. The highest BCUT2D eigenvalue weighted by Crippen LogP contribution is 2.19. The van der Waals surface area contributed by atoms with E-state index < -0.39 is 0 Å². The van der Waals surface area contributed by atoms with Gasteiger partial charge in [-0.05, 0) is 31.9 Å². The van der Waals surface area contributed by atoms with Gasteiger partial charge < -0.3 is 5.01 Å². The zero-order chi connectivity index (χ0) is 10.5. The summed E-state index contributed by atoms with van der Waals surface area (Å²) in [6, 6.07) is 10.7. The van der Waals surface area contributed by atoms with Crippen molar-refractivity contribution in [3.63, 3.8) is 0 Å². The molecule has 0 aliphatic carbocycles. The number of hydrogen-bond donors (Lipinski definition) is 0. The third-order valence-electron chi connectivity index (χ3n) is 3.03. The van der Waals surface area contributed by atoms with Crippen LogP contribution in [-0.2, 0) is 0 Å². The molecule has 1 aromatic rings. The summed E-state index contributed by atoms with van der Waals surface area (Å²) in [6.45, 7) is 5.71. The summed E-state index contributed by atoms with van der Waals surface area (Å²) in [4.78, 5) is 0. The number of hydrazine groups is 1. The number of nitrogens with zero attached hydrogens (tertiary/aromatic N) is 2. The molecule has 0 amide bonds. The largest absolute Gasteiger partial charge is 0.306 e. The number of anilines is 1. The second kappa shape index (κ2) is 5.17. The number of benzene rings is 1. The molecule has 1 aliphatic heterocycles. The molecule has 82 valence electrons. The number of piperidine rings is 1. The predicted octanol–water partition coefficient (Wildman–Crippen LogP) is 2.91. The fraction of sp³-hybridized carbons (Fsp3) is 0.538. The lowest BCUT2D eigenvalue weighted by Gasteiger charge is -2.38. The van der Waals surface area contributed by atoms with E-state index in [0.717, 1.165) is 6.54 Å². The third-order valence-corrected chi connectivity index (χ3v) is 3.03. The molecular formula is C13H20N2. The highest BCUT2D eigenvalue weighted by Gasteiger charge is 2.16. The van der Waals surface area contributed by atoms with Gasteiger partial charge in [0.2, 0.25) is 0 Å². The van der Waals surface area contributed by atoms with Crippen molar-refractivity contribution in [1.29, 1.82) is 0 Å². The average Bonchev–Trinajstić information content (AvgIpc) is 2.33. The number of para-hydroxylation sites is 1. The minimum absolute atomic E-state index is 1.06. The van der Waals surface area contributed by atoms with Gasteiger partial charge in [0.05, 0.1) is 5.69 Å². The van der Waals surface area contributed by atoms with Crippen LogP contribution in [0, 0.1) is 0 Å². The maximum absolute atomic E-state index is 2.48. The van der Waals surface area contributed by atoms with Crippen molar-refractivity contribution in [3.05, 3.63) is 30.3 Å². The Kier molecular flexibility index (Phi) is 3.62. The maximum Gasteiger partial charge on any atom is 0.0522 e. The molecule has 1 aliphatic rings. The van der Waals surface area contributed by atoms with E-state index in [1.807, 2.05) is 0 Å². The fourth-order valence-electron chi connectivity index (χ4n) is 2.26. The van der Waals surface area contributed by atoms with E-state index in [-0.39, 0.29) is 0 Å². The van der Waals surface area contributed by atoms with Crippen LogP contribution in [0.4, 0.5) is 5.69 Å². The Morgan fingerprint density at radius 2 is 1.73 bits per heavy atom. The summed E-state index contributed by atoms with van der Waals surface area (Å²) in [5, 5.41) is 4.89. The van der Waals surface area contributed by atoms with Crippen LogP contribution in [0.1, 0.15) is 26.2 Å². The van der Waals surface area contributed by atoms with E-state index in [1.54, 1.807) is 0 Å². The molecule has 1 saturated heterocycles. The number of hydrogen-bond acceptors (Lipinski definition) is 2. The van der Waals surface area contributed by atoms with Crippen molar-refractivity contribution in [1.82, 2.24) is 5.01 Å². The molecular weight excluding hydrogens is 184 g/mol. The molecule has 15 heavy (non-hydrogen) atoms. The van der Waals surface area contributed by atoms with Gasteiger partial charge in [-0.15, -0.1) is 0 Å². The molecule has 2 nitrogen and oxygen atoms in total. The van der Waals surface area contributed by atoms with Gasteiger partial charge in [0.1, 0.15) is 0 Å². The lowest BCUT2D eigenvalue weighted by molar-refractivity contribution is 0.210. The maximum atomic E-state index is 2.48. The van der Waals surface area contributed by atoms with Crippen molar-refractivity contribution in [3.8, 4) is 0 Å². The Labute approximate surface area is 92.5 Å². The Bertz CT molecular complexity index is 278. The summed E-state index contributed by atoms with van der Waals surface area (Å²) >= 11 is 0. The highest BCUT2D eigenvalue weighted by atomic mass is 15.6. The van der Waals surface area contributed by atoms with E-state index in [0.29, 0.717) is 0 Å². The lowest BCUT2D eigenvalue weighted by atomic mass is 10.1. The van der Waals surface area contributed by atoms with E-state index in [1.165, 1.54) is 38.0 Å². The normalized spacial score (nSPS) is 17.7. The summed E-state index contributed by atoms with van der Waals surface area (Å²) in [5.74, 6) is 0. The molecule has 2 rings (SSSR count). The molecule has 0 atom stereocenters. The van der Waals surface area contributed by atoms with Crippen molar-refractivity contribution >= 4 is 5.69 Å². The van der Waals surface area contributed by atoms with Crippen molar-refractivity contribution in [2.75, 3.05) is 24.6 Å². The Morgan fingerprint density at radius 1 is 1.07 bits per heavy atom. The van der Waals surface area contributed by atoms with Crippen LogP contribution in [0.5, 0.6) is 0 Å². The monoisotopic (exact) mass is 204 g/mol. The lowest BCUT2D eigenvalue weighted by Crippen LogP contribution is -2.45. The van der Waals surface area contributed by atoms with E-state index in [9.17, 15) is 0 Å². The van der Waals surface area contributed by atoms with E-state index in [4.69, 9.17) is 0 Å². The SMILES string of the molecule is CCN(c1ccccc1)N1CCCCC1. The molecule has 0 bridgehead atoms. The van der Waals surface area contributed by atoms with E-state index >= 15 is 0 Å². The van der Waals surface area contributed by atoms with Crippen LogP contribution in [0.2, 0.25) is 0 Å². The Hall–Kier alpha value is -1.02. The Balaban J connectivity index is 2.09. The van der Waals surface area contributed by atoms with Crippen molar-refractivity contribution in [2.45, 2.75) is 26.2 Å². The standard InChI is InChI=1S/C13H20N2/c1-2-15(13-9-5-3-6-10-13)14-11-7-4-8-12-14/h3,5-6,9-10H,2,4,7-8,11-12H2,1H3. The summed E-state index contributed by atoms with van der Waals surface area (Å²) in [7, 11) is 0. The van der Waals surface area contributed by atoms with Gasteiger partial charge in [0, 0.05) is 19.6 Å². The molecule has 0 unspecified atom stereocenters. The zero-order valence-corrected chi connectivity index (χ0v) is 9.52. The molecule has 0 saturated carbocycles. The van der Waals surface area contributed by atoms with Crippen LogP contribution in [0.3, 0.4) is 0 Å². The summed E-state index contributed by atoms with van der Waals surface area (Å²) < 4.78 is 0. The van der Waals surface area contributed by atoms with Gasteiger partial charge in [0.25, 0.3) is 0 Å². The quantitative estimate of drug-likeness (QED) is 0.747. The molecule has 0 radical (unpaired) electrons. The molecule has 0 aromatic heterocycles. The molecule has 0 spiro atoms. The summed E-state index contributed by atoms with van der Waals surface area (Å²) in [6.07, 6.45) is 4.06. The van der Waals surface area contributed by atoms with Gasteiger partial charge >= 0.3 is 0 Å². The van der Waals surface area contributed by atoms with Crippen molar-refractivity contribution < 1.29 is 0 Å². The van der Waals surface area contributed by atoms with E-state index in [2.05, 4.69) is 47.3 Å². The molecule has 0 N–H and O–H groups in total. The van der Waals surface area contributed by atoms with Gasteiger partial charge in [-0.25, -0.2) is 5.01 Å². The Morgan fingerprint density at radius 3 is 2.33 bits per heavy atom. The van der Waals surface area contributed by atoms with Crippen LogP contribution in [0.15, 0.2) is 30.3 Å². The second-order valence-corrected chi connectivity index (χ2v) is 4.07. The van der Waals surface area contributed by atoms with Crippen LogP contribution >= 0.6 is 0 Å². The minimum Gasteiger partial charge on any atom is -0.306 e. The zero-order valence-electron chi connectivity index (χ0n) is 9.52. The van der Waals surface area contributed by atoms with Gasteiger partial charge in [0.15, 0.2) is 0 Å². The molecule has 2 heteroatoms. The van der Waals surface area contributed by atoms with Gasteiger partial charge in [-0.2, -0.15) is 0 Å². The smallest absolute Gasteiger partial charge is 0.0522 e. The van der Waals surface area contributed by atoms with Gasteiger partial charge in [-0.1, -0.05) is 24.6 Å². The molecule has 1 aromatic carbocycles. The first kappa shape index (κ1) is 10.5. The first-order chi connectivity index (χ1) is 7.42. The average molecular weight is 204 g/mol. The first-order valence-corrected chi connectivity index (χ1v) is 5.99. The van der Waals surface area contributed by atoms with Crippen LogP contribution < -0.4 is 5.01 Å². The van der Waals surface area contributed by atoms with Crippen LogP contribution in [0.25, 0.3) is 0 Å².